The molecule has 2 rings (SSSR count). The Balaban J connectivity index is 1.84. The molecule has 68 valence electrons. The minimum absolute atomic E-state index is 0.156. The molecule has 0 aromatic heterocycles. The number of hydrogen-bond donors (Lipinski definition) is 1. The van der Waals surface area contributed by atoms with E-state index in [1.54, 1.807) is 0 Å². The molecule has 0 unspecified atom stereocenters. The molecule has 0 aromatic carbocycles. The van der Waals surface area contributed by atoms with Gasteiger partial charge in [0, 0.05) is 26.2 Å². The summed E-state index contributed by atoms with van der Waals surface area (Å²) >= 11 is 0. The summed E-state index contributed by atoms with van der Waals surface area (Å²) in [6.07, 6.45) is 0. The molecule has 0 spiro atoms. The maximum absolute atomic E-state index is 11.6. The molecular weight excluding hydrogens is 156 g/mol. The third kappa shape index (κ3) is 1.44. The average Bonchev–Trinajstić information content (AvgIpc) is 2.03. The zero-order chi connectivity index (χ0) is 8.39. The van der Waals surface area contributed by atoms with Crippen molar-refractivity contribution in [3.05, 3.63) is 0 Å². The van der Waals surface area contributed by atoms with Crippen LogP contribution in [0.15, 0.2) is 0 Å². The van der Waals surface area contributed by atoms with Crippen molar-refractivity contribution < 1.29 is 9.53 Å². The normalized spacial score (nSPS) is 25.2. The van der Waals surface area contributed by atoms with Gasteiger partial charge >= 0.3 is 0 Å². The number of piperazine rings is 1. The first kappa shape index (κ1) is 8.01. The van der Waals surface area contributed by atoms with Gasteiger partial charge in [0.15, 0.2) is 0 Å². The van der Waals surface area contributed by atoms with Crippen LogP contribution in [0.5, 0.6) is 0 Å². The van der Waals surface area contributed by atoms with Crippen LogP contribution in [0.2, 0.25) is 0 Å². The molecule has 1 amide bonds. The Morgan fingerprint density at radius 1 is 1.33 bits per heavy atom. The third-order valence-electron chi connectivity index (χ3n) is 2.42. The van der Waals surface area contributed by atoms with E-state index in [0.717, 1.165) is 26.2 Å². The fourth-order valence-corrected chi connectivity index (χ4v) is 1.52. The number of carbonyl (C=O) groups excluding carboxylic acids is 1. The molecule has 2 heterocycles. The largest absolute Gasteiger partial charge is 0.380 e. The lowest BCUT2D eigenvalue weighted by Crippen LogP contribution is -2.51. The van der Waals surface area contributed by atoms with E-state index >= 15 is 0 Å². The number of nitrogens with zero attached hydrogens (tertiary/aromatic N) is 1. The quantitative estimate of drug-likeness (QED) is 0.552. The van der Waals surface area contributed by atoms with Crippen molar-refractivity contribution in [2.75, 3.05) is 39.4 Å². The lowest BCUT2D eigenvalue weighted by atomic mass is 10.1. The Morgan fingerprint density at radius 3 is 2.50 bits per heavy atom. The molecule has 4 nitrogen and oxygen atoms in total. The van der Waals surface area contributed by atoms with E-state index in [1.165, 1.54) is 0 Å². The van der Waals surface area contributed by atoms with Crippen molar-refractivity contribution in [2.45, 2.75) is 0 Å². The van der Waals surface area contributed by atoms with Crippen molar-refractivity contribution in [2.24, 2.45) is 5.92 Å². The Morgan fingerprint density at radius 2 is 2.00 bits per heavy atom. The monoisotopic (exact) mass is 170 g/mol. The van der Waals surface area contributed by atoms with Gasteiger partial charge in [0.2, 0.25) is 5.91 Å². The predicted molar refractivity (Wildman–Crippen MR) is 43.8 cm³/mol. The average molecular weight is 170 g/mol. The molecule has 2 fully saturated rings. The van der Waals surface area contributed by atoms with Gasteiger partial charge < -0.3 is 15.0 Å². The lowest BCUT2D eigenvalue weighted by molar-refractivity contribution is -0.150. The standard InChI is InChI=1S/C8H14N2O2/c11-8(7-5-12-6-7)10-3-1-9-2-4-10/h7,9H,1-6H2. The van der Waals surface area contributed by atoms with Gasteiger partial charge in [0.05, 0.1) is 19.1 Å². The number of carbonyl (C=O) groups is 1. The maximum Gasteiger partial charge on any atom is 0.230 e. The lowest BCUT2D eigenvalue weighted by Gasteiger charge is -2.34. The van der Waals surface area contributed by atoms with Crippen LogP contribution >= 0.6 is 0 Å². The van der Waals surface area contributed by atoms with Gasteiger partial charge in [-0.05, 0) is 0 Å². The summed E-state index contributed by atoms with van der Waals surface area (Å²) in [4.78, 5) is 13.5. The van der Waals surface area contributed by atoms with Crippen LogP contribution in [0.1, 0.15) is 0 Å². The van der Waals surface area contributed by atoms with Crippen LogP contribution in [0.25, 0.3) is 0 Å². The Hall–Kier alpha value is -0.610. The Labute approximate surface area is 71.9 Å². The fraction of sp³-hybridized carbons (Fsp3) is 0.875. The van der Waals surface area contributed by atoms with Crippen LogP contribution in [0.3, 0.4) is 0 Å². The summed E-state index contributed by atoms with van der Waals surface area (Å²) in [5, 5.41) is 3.22. The second kappa shape index (κ2) is 3.41. The van der Waals surface area contributed by atoms with E-state index in [0.29, 0.717) is 13.2 Å². The number of ether oxygens (including phenoxy) is 1. The van der Waals surface area contributed by atoms with Gasteiger partial charge in [-0.25, -0.2) is 0 Å². The van der Waals surface area contributed by atoms with Crippen molar-refractivity contribution in [1.82, 2.24) is 10.2 Å². The topological polar surface area (TPSA) is 41.6 Å². The fourth-order valence-electron chi connectivity index (χ4n) is 1.52. The van der Waals surface area contributed by atoms with E-state index in [4.69, 9.17) is 4.74 Å². The molecule has 1 N–H and O–H groups in total. The molecule has 0 aliphatic carbocycles. The number of hydrogen-bond acceptors (Lipinski definition) is 3. The Kier molecular flexibility index (Phi) is 2.28. The molecule has 4 heteroatoms. The number of amides is 1. The molecule has 0 atom stereocenters. The zero-order valence-corrected chi connectivity index (χ0v) is 7.08. The molecular formula is C8H14N2O2. The molecule has 0 radical (unpaired) electrons. The molecule has 0 bridgehead atoms. The third-order valence-corrected chi connectivity index (χ3v) is 2.42. The summed E-state index contributed by atoms with van der Waals surface area (Å²) < 4.78 is 4.98. The summed E-state index contributed by atoms with van der Waals surface area (Å²) in [6.45, 7) is 4.83. The second-order valence-corrected chi connectivity index (χ2v) is 3.31. The molecule has 0 aromatic rings. The molecule has 0 saturated carbocycles. The highest BCUT2D eigenvalue weighted by atomic mass is 16.5. The van der Waals surface area contributed by atoms with Crippen LogP contribution in [-0.4, -0.2) is 50.2 Å². The van der Waals surface area contributed by atoms with Gasteiger partial charge in [0.1, 0.15) is 0 Å². The van der Waals surface area contributed by atoms with E-state index in [2.05, 4.69) is 5.32 Å². The first-order valence-corrected chi connectivity index (χ1v) is 4.45. The van der Waals surface area contributed by atoms with E-state index < -0.39 is 0 Å². The summed E-state index contributed by atoms with van der Waals surface area (Å²) in [7, 11) is 0. The molecule has 2 aliphatic rings. The predicted octanol–water partition coefficient (Wildman–Crippen LogP) is -0.935. The highest BCUT2D eigenvalue weighted by molar-refractivity contribution is 5.79. The van der Waals surface area contributed by atoms with Gasteiger partial charge in [0.25, 0.3) is 0 Å². The van der Waals surface area contributed by atoms with Gasteiger partial charge in [-0.3, -0.25) is 4.79 Å². The minimum atomic E-state index is 0.156. The smallest absolute Gasteiger partial charge is 0.230 e. The maximum atomic E-state index is 11.6. The first-order chi connectivity index (χ1) is 5.88. The summed E-state index contributed by atoms with van der Waals surface area (Å²) in [5.74, 6) is 0.436. The van der Waals surface area contributed by atoms with Gasteiger partial charge in [-0.1, -0.05) is 0 Å². The van der Waals surface area contributed by atoms with Crippen LogP contribution in [0, 0.1) is 5.92 Å². The van der Waals surface area contributed by atoms with Crippen molar-refractivity contribution in [1.29, 1.82) is 0 Å². The molecule has 2 aliphatic heterocycles. The zero-order valence-electron chi connectivity index (χ0n) is 7.08. The van der Waals surface area contributed by atoms with Crippen molar-refractivity contribution in [3.8, 4) is 0 Å². The van der Waals surface area contributed by atoms with E-state index in [9.17, 15) is 4.79 Å². The first-order valence-electron chi connectivity index (χ1n) is 4.45. The Bertz CT molecular complexity index is 174. The van der Waals surface area contributed by atoms with Gasteiger partial charge in [-0.2, -0.15) is 0 Å². The highest BCUT2D eigenvalue weighted by Crippen LogP contribution is 2.13. The van der Waals surface area contributed by atoms with Crippen LogP contribution < -0.4 is 5.32 Å². The SMILES string of the molecule is O=C(C1COC1)N1CCNCC1. The highest BCUT2D eigenvalue weighted by Gasteiger charge is 2.30. The van der Waals surface area contributed by atoms with Crippen LogP contribution in [0.4, 0.5) is 0 Å². The molecule has 12 heavy (non-hydrogen) atoms. The van der Waals surface area contributed by atoms with Gasteiger partial charge in [-0.15, -0.1) is 0 Å². The second-order valence-electron chi connectivity index (χ2n) is 3.31. The summed E-state index contributed by atoms with van der Waals surface area (Å²) in [6, 6.07) is 0. The van der Waals surface area contributed by atoms with E-state index in [1.807, 2.05) is 4.90 Å². The number of nitrogens with one attached hydrogen (secondary N) is 1. The van der Waals surface area contributed by atoms with E-state index in [-0.39, 0.29) is 11.8 Å². The minimum Gasteiger partial charge on any atom is -0.380 e. The van der Waals surface area contributed by atoms with Crippen LogP contribution in [-0.2, 0) is 9.53 Å². The number of rotatable bonds is 1. The summed E-state index contributed by atoms with van der Waals surface area (Å²) in [5.41, 5.74) is 0. The molecule has 2 saturated heterocycles. The van der Waals surface area contributed by atoms with Crippen molar-refractivity contribution in [3.63, 3.8) is 0 Å². The van der Waals surface area contributed by atoms with Crippen molar-refractivity contribution >= 4 is 5.91 Å².